The number of rotatable bonds is 15. The number of aromatic carboxylic acids is 1. The first kappa shape index (κ1) is 24.7. The molecule has 162 valence electrons. The van der Waals surface area contributed by atoms with Gasteiger partial charge in [0.25, 0.3) is 0 Å². The van der Waals surface area contributed by atoms with Gasteiger partial charge in [-0.05, 0) is 31.0 Å². The summed E-state index contributed by atoms with van der Waals surface area (Å²) >= 11 is 0. The molecule has 0 aliphatic carbocycles. The largest absolute Gasteiger partial charge is 0.478 e. The Kier molecular flexibility index (Phi) is 12.4. The number of hydrogen-bond donors (Lipinski definition) is 1. The topological polar surface area (TPSA) is 89.9 Å². The maximum absolute atomic E-state index is 12.5. The first-order valence-electron chi connectivity index (χ1n) is 10.7. The zero-order valence-corrected chi connectivity index (χ0v) is 17.7. The van der Waals surface area contributed by atoms with Crippen molar-refractivity contribution in [3.8, 4) is 0 Å². The number of carbonyl (C=O) groups excluding carboxylic acids is 2. The quantitative estimate of drug-likeness (QED) is 0.299. The Morgan fingerprint density at radius 3 is 1.69 bits per heavy atom. The van der Waals surface area contributed by atoms with E-state index in [1.165, 1.54) is 18.2 Å². The van der Waals surface area contributed by atoms with Gasteiger partial charge in [0.1, 0.15) is 0 Å². The average Bonchev–Trinajstić information content (AvgIpc) is 2.72. The SMILES string of the molecule is CCCCCCCOC(=O)c1ccc(C(=O)O)cc1C(=O)OCCCCCCC. The number of ether oxygens (including phenoxy) is 2. The van der Waals surface area contributed by atoms with Gasteiger partial charge in [-0.2, -0.15) is 0 Å². The van der Waals surface area contributed by atoms with Gasteiger partial charge in [0.2, 0.25) is 0 Å². The van der Waals surface area contributed by atoms with Crippen LogP contribution in [0.25, 0.3) is 0 Å². The molecule has 0 aliphatic rings. The summed E-state index contributed by atoms with van der Waals surface area (Å²) in [5.74, 6) is -2.50. The highest BCUT2D eigenvalue weighted by molar-refractivity contribution is 6.05. The van der Waals surface area contributed by atoms with Crippen LogP contribution >= 0.6 is 0 Å². The van der Waals surface area contributed by atoms with Crippen molar-refractivity contribution in [1.82, 2.24) is 0 Å². The van der Waals surface area contributed by atoms with Crippen LogP contribution in [0.1, 0.15) is 109 Å². The van der Waals surface area contributed by atoms with Crippen LogP contribution in [0.2, 0.25) is 0 Å². The molecule has 0 saturated heterocycles. The van der Waals surface area contributed by atoms with Gasteiger partial charge in [-0.15, -0.1) is 0 Å². The van der Waals surface area contributed by atoms with E-state index in [0.29, 0.717) is 0 Å². The first-order valence-corrected chi connectivity index (χ1v) is 10.7. The molecule has 0 radical (unpaired) electrons. The van der Waals surface area contributed by atoms with Crippen LogP contribution in [0, 0.1) is 0 Å². The molecule has 1 aromatic rings. The standard InChI is InChI=1S/C23H34O6/c1-3-5-7-9-11-15-28-22(26)19-14-13-18(21(24)25)17-20(19)23(27)29-16-12-10-8-6-4-2/h13-14,17H,3-12,15-16H2,1-2H3,(H,24,25). The third-order valence-corrected chi connectivity index (χ3v) is 4.67. The van der Waals surface area contributed by atoms with Gasteiger partial charge in [0, 0.05) is 0 Å². The van der Waals surface area contributed by atoms with Gasteiger partial charge >= 0.3 is 17.9 Å². The molecule has 0 aromatic heterocycles. The fourth-order valence-electron chi connectivity index (χ4n) is 2.92. The molecule has 0 amide bonds. The summed E-state index contributed by atoms with van der Waals surface area (Å²) < 4.78 is 10.5. The average molecular weight is 407 g/mol. The normalized spacial score (nSPS) is 10.6. The lowest BCUT2D eigenvalue weighted by atomic mass is 10.0. The summed E-state index contributed by atoms with van der Waals surface area (Å²) in [4.78, 5) is 36.1. The van der Waals surface area contributed by atoms with Gasteiger partial charge in [-0.3, -0.25) is 0 Å². The minimum Gasteiger partial charge on any atom is -0.478 e. The summed E-state index contributed by atoms with van der Waals surface area (Å²) in [5.41, 5.74) is -0.0926. The highest BCUT2D eigenvalue weighted by atomic mass is 16.5. The maximum atomic E-state index is 12.5. The minimum atomic E-state index is -1.17. The molecule has 6 heteroatoms. The predicted molar refractivity (Wildman–Crippen MR) is 111 cm³/mol. The lowest BCUT2D eigenvalue weighted by molar-refractivity contribution is 0.0450. The lowest BCUT2D eigenvalue weighted by Gasteiger charge is -2.11. The van der Waals surface area contributed by atoms with E-state index in [4.69, 9.17) is 9.47 Å². The van der Waals surface area contributed by atoms with Crippen molar-refractivity contribution in [1.29, 1.82) is 0 Å². The van der Waals surface area contributed by atoms with Gasteiger partial charge in [0.15, 0.2) is 0 Å². The molecule has 0 fully saturated rings. The van der Waals surface area contributed by atoms with Crippen molar-refractivity contribution in [3.63, 3.8) is 0 Å². The molecule has 0 aliphatic heterocycles. The van der Waals surface area contributed by atoms with E-state index in [1.807, 2.05) is 0 Å². The van der Waals surface area contributed by atoms with E-state index in [1.54, 1.807) is 0 Å². The van der Waals surface area contributed by atoms with Crippen molar-refractivity contribution in [2.75, 3.05) is 13.2 Å². The Morgan fingerprint density at radius 1 is 0.724 bits per heavy atom. The second-order valence-corrected chi connectivity index (χ2v) is 7.17. The van der Waals surface area contributed by atoms with Crippen LogP contribution in [0.15, 0.2) is 18.2 Å². The summed E-state index contributed by atoms with van der Waals surface area (Å²) in [6.07, 6.45) is 10.2. The van der Waals surface area contributed by atoms with E-state index in [2.05, 4.69) is 13.8 Å². The number of esters is 2. The van der Waals surface area contributed by atoms with Crippen molar-refractivity contribution in [2.45, 2.75) is 78.1 Å². The summed E-state index contributed by atoms with van der Waals surface area (Å²) in [6.45, 7) is 4.77. The summed E-state index contributed by atoms with van der Waals surface area (Å²) in [5, 5.41) is 9.19. The van der Waals surface area contributed by atoms with E-state index < -0.39 is 17.9 Å². The number of hydrogen-bond acceptors (Lipinski definition) is 5. The van der Waals surface area contributed by atoms with Crippen molar-refractivity contribution in [2.24, 2.45) is 0 Å². The molecule has 1 aromatic carbocycles. The third kappa shape index (κ3) is 9.59. The zero-order chi connectivity index (χ0) is 21.5. The predicted octanol–water partition coefficient (Wildman–Crippen LogP) is 5.64. The molecule has 0 heterocycles. The number of carbonyl (C=O) groups is 3. The van der Waals surface area contributed by atoms with Gasteiger partial charge in [-0.1, -0.05) is 65.2 Å². The Hall–Kier alpha value is -2.37. The van der Waals surface area contributed by atoms with E-state index in [0.717, 1.165) is 64.2 Å². The Morgan fingerprint density at radius 2 is 1.21 bits per heavy atom. The number of carboxylic acids is 1. The zero-order valence-electron chi connectivity index (χ0n) is 17.7. The van der Waals surface area contributed by atoms with Crippen molar-refractivity contribution >= 4 is 17.9 Å². The lowest BCUT2D eigenvalue weighted by Crippen LogP contribution is -2.16. The molecule has 0 saturated carbocycles. The van der Waals surface area contributed by atoms with Crippen LogP contribution in [0.3, 0.4) is 0 Å². The van der Waals surface area contributed by atoms with E-state index in [9.17, 15) is 19.5 Å². The molecule has 0 atom stereocenters. The Bertz CT molecular complexity index is 653. The number of benzene rings is 1. The molecule has 1 rings (SSSR count). The van der Waals surface area contributed by atoms with Crippen molar-refractivity contribution in [3.05, 3.63) is 34.9 Å². The van der Waals surface area contributed by atoms with Crippen molar-refractivity contribution < 1.29 is 29.0 Å². The molecule has 6 nitrogen and oxygen atoms in total. The molecular formula is C23H34O6. The summed E-state index contributed by atoms with van der Waals surface area (Å²) in [6, 6.07) is 3.79. The van der Waals surface area contributed by atoms with Crippen LogP contribution in [-0.2, 0) is 9.47 Å². The van der Waals surface area contributed by atoms with Gasteiger partial charge < -0.3 is 14.6 Å². The van der Waals surface area contributed by atoms with Crippen LogP contribution in [0.5, 0.6) is 0 Å². The highest BCUT2D eigenvalue weighted by Gasteiger charge is 2.21. The monoisotopic (exact) mass is 406 g/mol. The Labute approximate surface area is 173 Å². The number of unbranched alkanes of at least 4 members (excludes halogenated alkanes) is 8. The molecule has 1 N–H and O–H groups in total. The Balaban J connectivity index is 2.69. The molecule has 0 unspecified atom stereocenters. The molecule has 0 spiro atoms. The summed E-state index contributed by atoms with van der Waals surface area (Å²) in [7, 11) is 0. The third-order valence-electron chi connectivity index (χ3n) is 4.67. The second-order valence-electron chi connectivity index (χ2n) is 7.17. The molecular weight excluding hydrogens is 372 g/mol. The number of carboxylic acid groups (broad SMARTS) is 1. The smallest absolute Gasteiger partial charge is 0.339 e. The van der Waals surface area contributed by atoms with Crippen LogP contribution in [-0.4, -0.2) is 36.2 Å². The fourth-order valence-corrected chi connectivity index (χ4v) is 2.92. The van der Waals surface area contributed by atoms with Gasteiger partial charge in [-0.25, -0.2) is 14.4 Å². The molecule has 0 bridgehead atoms. The van der Waals surface area contributed by atoms with Crippen LogP contribution in [0.4, 0.5) is 0 Å². The van der Waals surface area contributed by atoms with Gasteiger partial charge in [0.05, 0.1) is 29.9 Å². The fraction of sp³-hybridized carbons (Fsp3) is 0.609. The highest BCUT2D eigenvalue weighted by Crippen LogP contribution is 2.16. The van der Waals surface area contributed by atoms with E-state index in [-0.39, 0.29) is 29.9 Å². The van der Waals surface area contributed by atoms with Crippen LogP contribution < -0.4 is 0 Å². The van der Waals surface area contributed by atoms with E-state index >= 15 is 0 Å². The first-order chi connectivity index (χ1) is 14.0. The minimum absolute atomic E-state index is 0.0412. The molecule has 29 heavy (non-hydrogen) atoms. The maximum Gasteiger partial charge on any atom is 0.339 e. The second kappa shape index (κ2) is 14.6.